The average Bonchev–Trinajstić information content (AvgIpc) is 3.15. The molecule has 174 valence electrons. The van der Waals surface area contributed by atoms with Gasteiger partial charge in [-0.1, -0.05) is 67.8 Å². The summed E-state index contributed by atoms with van der Waals surface area (Å²) in [6, 6.07) is 16.2. The standard InChI is InChI=1S/C25H28N2O6/c28-22(29)15-33-27-23(30)25(12-6-1-7-13-25)16-26-24(31)32-14-21-19-10-4-2-8-17(19)18-9-3-5-11-20(18)21/h2-5,8-11,21H,1,6-7,12-16H2,(H,26,31)(H,27,30)(H,28,29). The molecule has 33 heavy (non-hydrogen) atoms. The van der Waals surface area contributed by atoms with Crippen LogP contribution in [0.2, 0.25) is 0 Å². The molecule has 4 rings (SSSR count). The molecule has 1 fully saturated rings. The van der Waals surface area contributed by atoms with E-state index in [9.17, 15) is 14.4 Å². The van der Waals surface area contributed by atoms with E-state index in [4.69, 9.17) is 14.7 Å². The lowest BCUT2D eigenvalue weighted by Gasteiger charge is -2.35. The summed E-state index contributed by atoms with van der Waals surface area (Å²) in [5.74, 6) is -1.63. The molecule has 0 heterocycles. The summed E-state index contributed by atoms with van der Waals surface area (Å²) < 4.78 is 5.58. The fourth-order valence-corrected chi connectivity index (χ4v) is 4.88. The molecule has 1 saturated carbocycles. The van der Waals surface area contributed by atoms with Crippen molar-refractivity contribution >= 4 is 18.0 Å². The second kappa shape index (κ2) is 10.0. The van der Waals surface area contributed by atoms with Gasteiger partial charge in [0, 0.05) is 12.5 Å². The van der Waals surface area contributed by atoms with E-state index in [1.165, 1.54) is 0 Å². The van der Waals surface area contributed by atoms with Crippen LogP contribution >= 0.6 is 0 Å². The van der Waals surface area contributed by atoms with Crippen LogP contribution in [0.15, 0.2) is 48.5 Å². The smallest absolute Gasteiger partial charge is 0.407 e. The van der Waals surface area contributed by atoms with Gasteiger partial charge in [-0.2, -0.15) is 0 Å². The second-order valence-corrected chi connectivity index (χ2v) is 8.63. The van der Waals surface area contributed by atoms with Crippen LogP contribution in [0, 0.1) is 5.41 Å². The quantitative estimate of drug-likeness (QED) is 0.527. The Hall–Kier alpha value is -3.39. The van der Waals surface area contributed by atoms with Crippen LogP contribution in [0.4, 0.5) is 4.79 Å². The van der Waals surface area contributed by atoms with Crippen molar-refractivity contribution in [3.8, 4) is 11.1 Å². The summed E-state index contributed by atoms with van der Waals surface area (Å²) in [5.41, 5.74) is 5.96. The van der Waals surface area contributed by atoms with Crippen molar-refractivity contribution in [3.63, 3.8) is 0 Å². The van der Waals surface area contributed by atoms with Crippen LogP contribution in [-0.2, 0) is 19.2 Å². The topological polar surface area (TPSA) is 114 Å². The molecule has 2 aliphatic carbocycles. The summed E-state index contributed by atoms with van der Waals surface area (Å²) in [7, 11) is 0. The number of nitrogens with one attached hydrogen (secondary N) is 2. The third-order valence-electron chi connectivity index (χ3n) is 6.57. The number of benzene rings is 2. The molecule has 8 heteroatoms. The van der Waals surface area contributed by atoms with Crippen molar-refractivity contribution in [1.29, 1.82) is 0 Å². The van der Waals surface area contributed by atoms with Crippen molar-refractivity contribution in [1.82, 2.24) is 10.8 Å². The molecule has 2 aliphatic rings. The van der Waals surface area contributed by atoms with Crippen molar-refractivity contribution in [3.05, 3.63) is 59.7 Å². The van der Waals surface area contributed by atoms with E-state index in [2.05, 4.69) is 35.1 Å². The highest BCUT2D eigenvalue weighted by Gasteiger charge is 2.40. The fourth-order valence-electron chi connectivity index (χ4n) is 4.88. The van der Waals surface area contributed by atoms with Crippen molar-refractivity contribution in [2.45, 2.75) is 38.0 Å². The number of carboxylic acid groups (broad SMARTS) is 1. The first-order valence-electron chi connectivity index (χ1n) is 11.2. The van der Waals surface area contributed by atoms with E-state index in [0.29, 0.717) is 12.8 Å². The van der Waals surface area contributed by atoms with Crippen molar-refractivity contribution in [2.75, 3.05) is 19.8 Å². The van der Waals surface area contributed by atoms with Crippen molar-refractivity contribution in [2.24, 2.45) is 5.41 Å². The van der Waals surface area contributed by atoms with Gasteiger partial charge in [-0.3, -0.25) is 9.63 Å². The minimum absolute atomic E-state index is 0.0421. The number of hydrogen-bond acceptors (Lipinski definition) is 5. The highest BCUT2D eigenvalue weighted by Crippen LogP contribution is 2.44. The Kier molecular flexibility index (Phi) is 6.93. The molecule has 0 saturated heterocycles. The van der Waals surface area contributed by atoms with Crippen LogP contribution in [0.1, 0.15) is 49.1 Å². The molecule has 0 unspecified atom stereocenters. The highest BCUT2D eigenvalue weighted by molar-refractivity contribution is 5.83. The first kappa shape index (κ1) is 22.8. The predicted octanol–water partition coefficient (Wildman–Crippen LogP) is 3.61. The fraction of sp³-hybridized carbons (Fsp3) is 0.400. The summed E-state index contributed by atoms with van der Waals surface area (Å²) in [6.45, 7) is -0.325. The van der Waals surface area contributed by atoms with E-state index in [0.717, 1.165) is 41.5 Å². The zero-order chi connectivity index (χ0) is 23.3. The van der Waals surface area contributed by atoms with Gasteiger partial charge in [0.25, 0.3) is 5.91 Å². The predicted molar refractivity (Wildman–Crippen MR) is 120 cm³/mol. The van der Waals surface area contributed by atoms with Crippen LogP contribution in [0.3, 0.4) is 0 Å². The molecule has 2 aromatic rings. The molecule has 0 spiro atoms. The summed E-state index contributed by atoms with van der Waals surface area (Å²) >= 11 is 0. The van der Waals surface area contributed by atoms with Crippen LogP contribution in [-0.4, -0.2) is 42.8 Å². The van der Waals surface area contributed by atoms with Crippen LogP contribution in [0.25, 0.3) is 11.1 Å². The molecule has 0 atom stereocenters. The molecule has 0 aliphatic heterocycles. The van der Waals surface area contributed by atoms with Gasteiger partial charge in [-0.05, 0) is 35.1 Å². The Bertz CT molecular complexity index is 986. The van der Waals surface area contributed by atoms with Gasteiger partial charge in [0.2, 0.25) is 0 Å². The minimum Gasteiger partial charge on any atom is -0.479 e. The highest BCUT2D eigenvalue weighted by atomic mass is 16.7. The number of amides is 2. The van der Waals surface area contributed by atoms with Gasteiger partial charge in [-0.25, -0.2) is 15.1 Å². The zero-order valence-electron chi connectivity index (χ0n) is 18.3. The Morgan fingerprint density at radius 1 is 0.939 bits per heavy atom. The lowest BCUT2D eigenvalue weighted by molar-refractivity contribution is -0.154. The Balaban J connectivity index is 1.36. The number of carboxylic acids is 1. The third-order valence-corrected chi connectivity index (χ3v) is 6.57. The van der Waals surface area contributed by atoms with Gasteiger partial charge in [0.1, 0.15) is 6.61 Å². The lowest BCUT2D eigenvalue weighted by Crippen LogP contribution is -2.50. The molecule has 8 nitrogen and oxygen atoms in total. The molecule has 0 aromatic heterocycles. The second-order valence-electron chi connectivity index (χ2n) is 8.63. The van der Waals surface area contributed by atoms with Gasteiger partial charge < -0.3 is 15.2 Å². The van der Waals surface area contributed by atoms with Gasteiger partial charge in [-0.15, -0.1) is 0 Å². The number of aliphatic carboxylic acids is 1. The molecule has 2 amide bonds. The molecular weight excluding hydrogens is 424 g/mol. The lowest BCUT2D eigenvalue weighted by atomic mass is 9.73. The van der Waals surface area contributed by atoms with E-state index in [-0.39, 0.29) is 19.1 Å². The SMILES string of the molecule is O=C(O)CONC(=O)C1(CNC(=O)OCC2c3ccccc3-c3ccccc32)CCCCC1. The monoisotopic (exact) mass is 452 g/mol. The number of carbonyl (C=O) groups is 3. The third kappa shape index (κ3) is 5.01. The number of hydrogen-bond donors (Lipinski definition) is 3. The van der Waals surface area contributed by atoms with E-state index in [1.54, 1.807) is 0 Å². The summed E-state index contributed by atoms with van der Waals surface area (Å²) in [6.07, 6.45) is 3.28. The van der Waals surface area contributed by atoms with Crippen molar-refractivity contribution < 1.29 is 29.1 Å². The zero-order valence-corrected chi connectivity index (χ0v) is 18.3. The maximum Gasteiger partial charge on any atom is 0.407 e. The molecule has 0 bridgehead atoms. The van der Waals surface area contributed by atoms with Gasteiger partial charge in [0.15, 0.2) is 6.61 Å². The number of rotatable bonds is 8. The number of ether oxygens (including phenoxy) is 1. The summed E-state index contributed by atoms with van der Waals surface area (Å²) in [4.78, 5) is 40.7. The molecule has 3 N–H and O–H groups in total. The number of carbonyl (C=O) groups excluding carboxylic acids is 2. The Morgan fingerprint density at radius 3 is 2.15 bits per heavy atom. The number of alkyl carbamates (subject to hydrolysis) is 1. The minimum atomic E-state index is -1.18. The first-order chi connectivity index (χ1) is 16.0. The summed E-state index contributed by atoms with van der Waals surface area (Å²) in [5, 5.41) is 11.5. The normalized spacial score (nSPS) is 16.4. The maximum atomic E-state index is 12.7. The largest absolute Gasteiger partial charge is 0.479 e. The van der Waals surface area contributed by atoms with E-state index >= 15 is 0 Å². The first-order valence-corrected chi connectivity index (χ1v) is 11.2. The molecule has 2 aromatic carbocycles. The van der Waals surface area contributed by atoms with Gasteiger partial charge in [0.05, 0.1) is 5.41 Å². The average molecular weight is 453 g/mol. The van der Waals surface area contributed by atoms with Crippen LogP contribution in [0.5, 0.6) is 0 Å². The van der Waals surface area contributed by atoms with Crippen LogP contribution < -0.4 is 10.8 Å². The molecule has 0 radical (unpaired) electrons. The Morgan fingerprint density at radius 2 is 1.55 bits per heavy atom. The number of hydroxylamine groups is 1. The Labute approximate surface area is 192 Å². The van der Waals surface area contributed by atoms with E-state index < -0.39 is 30.0 Å². The number of fused-ring (bicyclic) bond motifs is 3. The van der Waals surface area contributed by atoms with Gasteiger partial charge >= 0.3 is 12.1 Å². The molecular formula is C25H28N2O6. The van der Waals surface area contributed by atoms with E-state index in [1.807, 2.05) is 24.3 Å². The maximum absolute atomic E-state index is 12.7.